The molecule has 0 radical (unpaired) electrons. The number of aryl methyl sites for hydroxylation is 2. The number of benzene rings is 1. The van der Waals surface area contributed by atoms with Crippen LogP contribution in [0.15, 0.2) is 30.3 Å². The summed E-state index contributed by atoms with van der Waals surface area (Å²) in [5, 5.41) is 3.28. The molecule has 0 unspecified atom stereocenters. The fourth-order valence-electron chi connectivity index (χ4n) is 2.47. The van der Waals surface area contributed by atoms with E-state index in [0.717, 1.165) is 19.4 Å². The van der Waals surface area contributed by atoms with E-state index in [0.29, 0.717) is 23.9 Å². The Bertz CT molecular complexity index is 700. The molecule has 2 aromatic rings. The number of carbonyl (C=O) groups excluding carboxylic acids is 1. The smallest absolute Gasteiger partial charge is 0.272 e. The molecular formula is C19H26N4O. The molecule has 0 saturated heterocycles. The molecule has 0 aliphatic heterocycles. The highest BCUT2D eigenvalue weighted by molar-refractivity contribution is 5.92. The van der Waals surface area contributed by atoms with Gasteiger partial charge in [-0.2, -0.15) is 0 Å². The molecule has 1 amide bonds. The van der Waals surface area contributed by atoms with Gasteiger partial charge in [-0.1, -0.05) is 43.2 Å². The van der Waals surface area contributed by atoms with Gasteiger partial charge in [-0.05, 0) is 25.8 Å². The molecular weight excluding hydrogens is 300 g/mol. The summed E-state index contributed by atoms with van der Waals surface area (Å²) in [6, 6.07) is 10.0. The Labute approximate surface area is 144 Å². The van der Waals surface area contributed by atoms with Crippen molar-refractivity contribution in [2.24, 2.45) is 0 Å². The first-order valence-corrected chi connectivity index (χ1v) is 8.40. The lowest BCUT2D eigenvalue weighted by molar-refractivity contribution is 0.0787. The van der Waals surface area contributed by atoms with Gasteiger partial charge in [0, 0.05) is 26.2 Å². The van der Waals surface area contributed by atoms with Gasteiger partial charge in [-0.15, -0.1) is 0 Å². The lowest BCUT2D eigenvalue weighted by Gasteiger charge is -2.17. The van der Waals surface area contributed by atoms with Crippen molar-refractivity contribution in [1.29, 1.82) is 0 Å². The molecule has 5 heteroatoms. The SMILES string of the molecule is CCCCN(C)C(=O)c1cc(NCc2cccc(C)c2)nc(C)n1. The standard InChI is InChI=1S/C19H26N4O/c1-5-6-10-23(4)19(24)17-12-18(22-15(3)21-17)20-13-16-9-7-8-14(2)11-16/h7-9,11-12H,5-6,10,13H2,1-4H3,(H,20,21,22). The number of anilines is 1. The quantitative estimate of drug-likeness (QED) is 0.845. The molecule has 1 aromatic heterocycles. The average molecular weight is 326 g/mol. The molecule has 5 nitrogen and oxygen atoms in total. The molecule has 1 aromatic carbocycles. The molecule has 2 rings (SSSR count). The maximum Gasteiger partial charge on any atom is 0.272 e. The number of nitrogens with one attached hydrogen (secondary N) is 1. The fourth-order valence-corrected chi connectivity index (χ4v) is 2.47. The number of hydrogen-bond acceptors (Lipinski definition) is 4. The van der Waals surface area contributed by atoms with Gasteiger partial charge >= 0.3 is 0 Å². The Kier molecular flexibility index (Phi) is 6.29. The van der Waals surface area contributed by atoms with E-state index in [2.05, 4.69) is 47.3 Å². The van der Waals surface area contributed by atoms with Gasteiger partial charge in [0.2, 0.25) is 0 Å². The summed E-state index contributed by atoms with van der Waals surface area (Å²) >= 11 is 0. The van der Waals surface area contributed by atoms with Crippen molar-refractivity contribution in [2.75, 3.05) is 18.9 Å². The molecule has 0 bridgehead atoms. The topological polar surface area (TPSA) is 58.1 Å². The summed E-state index contributed by atoms with van der Waals surface area (Å²) in [6.07, 6.45) is 2.05. The van der Waals surface area contributed by atoms with Crippen LogP contribution < -0.4 is 5.32 Å². The molecule has 0 aliphatic carbocycles. The summed E-state index contributed by atoms with van der Waals surface area (Å²) in [7, 11) is 1.81. The van der Waals surface area contributed by atoms with Gasteiger partial charge in [-0.3, -0.25) is 4.79 Å². The summed E-state index contributed by atoms with van der Waals surface area (Å²) in [6.45, 7) is 7.39. The van der Waals surface area contributed by atoms with E-state index >= 15 is 0 Å². The number of hydrogen-bond donors (Lipinski definition) is 1. The van der Waals surface area contributed by atoms with E-state index in [9.17, 15) is 4.79 Å². The van der Waals surface area contributed by atoms with Crippen LogP contribution in [0.25, 0.3) is 0 Å². The summed E-state index contributed by atoms with van der Waals surface area (Å²) in [5.41, 5.74) is 2.84. The van der Waals surface area contributed by atoms with E-state index in [1.165, 1.54) is 11.1 Å². The first-order valence-electron chi connectivity index (χ1n) is 8.40. The van der Waals surface area contributed by atoms with Crippen molar-refractivity contribution in [3.05, 3.63) is 53.0 Å². The number of amides is 1. The van der Waals surface area contributed by atoms with Crippen LogP contribution in [0.1, 0.15) is 47.2 Å². The highest BCUT2D eigenvalue weighted by atomic mass is 16.2. The van der Waals surface area contributed by atoms with Crippen LogP contribution >= 0.6 is 0 Å². The Hall–Kier alpha value is -2.43. The third-order valence-electron chi connectivity index (χ3n) is 3.81. The second-order valence-corrected chi connectivity index (χ2v) is 6.11. The molecule has 24 heavy (non-hydrogen) atoms. The zero-order valence-corrected chi connectivity index (χ0v) is 15.0. The highest BCUT2D eigenvalue weighted by Crippen LogP contribution is 2.12. The van der Waals surface area contributed by atoms with Crippen LogP contribution in [0.4, 0.5) is 5.82 Å². The zero-order chi connectivity index (χ0) is 17.5. The molecule has 1 heterocycles. The highest BCUT2D eigenvalue weighted by Gasteiger charge is 2.14. The summed E-state index contributed by atoms with van der Waals surface area (Å²) < 4.78 is 0. The third kappa shape index (κ3) is 5.05. The second kappa shape index (κ2) is 8.43. The van der Waals surface area contributed by atoms with Crippen LogP contribution in [0.5, 0.6) is 0 Å². The van der Waals surface area contributed by atoms with Crippen LogP contribution in [0.3, 0.4) is 0 Å². The molecule has 0 saturated carbocycles. The van der Waals surface area contributed by atoms with E-state index in [4.69, 9.17) is 0 Å². The molecule has 0 aliphatic rings. The number of rotatable bonds is 7. The number of nitrogens with zero attached hydrogens (tertiary/aromatic N) is 3. The van der Waals surface area contributed by atoms with E-state index in [-0.39, 0.29) is 5.91 Å². The van der Waals surface area contributed by atoms with Gasteiger partial charge in [0.05, 0.1) is 0 Å². The van der Waals surface area contributed by atoms with Crippen LogP contribution in [0.2, 0.25) is 0 Å². The van der Waals surface area contributed by atoms with Gasteiger partial charge in [-0.25, -0.2) is 9.97 Å². The molecule has 0 spiro atoms. The maximum absolute atomic E-state index is 12.5. The molecule has 0 fully saturated rings. The number of carbonyl (C=O) groups is 1. The molecule has 128 valence electrons. The lowest BCUT2D eigenvalue weighted by Crippen LogP contribution is -2.28. The maximum atomic E-state index is 12.5. The van der Waals surface area contributed by atoms with Crippen LogP contribution in [-0.4, -0.2) is 34.4 Å². The minimum Gasteiger partial charge on any atom is -0.366 e. The number of unbranched alkanes of at least 4 members (excludes halogenated alkanes) is 1. The predicted octanol–water partition coefficient (Wildman–Crippen LogP) is 3.58. The zero-order valence-electron chi connectivity index (χ0n) is 15.0. The van der Waals surface area contributed by atoms with E-state index < -0.39 is 0 Å². The lowest BCUT2D eigenvalue weighted by atomic mass is 10.1. The van der Waals surface area contributed by atoms with Gasteiger partial charge in [0.25, 0.3) is 5.91 Å². The van der Waals surface area contributed by atoms with Gasteiger partial charge in [0.1, 0.15) is 17.3 Å². The third-order valence-corrected chi connectivity index (χ3v) is 3.81. The molecule has 0 atom stereocenters. The first kappa shape index (κ1) is 17.9. The van der Waals surface area contributed by atoms with Crippen LogP contribution in [0, 0.1) is 13.8 Å². The monoisotopic (exact) mass is 326 g/mol. The minimum absolute atomic E-state index is 0.0624. The van der Waals surface area contributed by atoms with E-state index in [1.54, 1.807) is 17.9 Å². The summed E-state index contributed by atoms with van der Waals surface area (Å²) in [5.74, 6) is 1.21. The van der Waals surface area contributed by atoms with Crippen molar-refractivity contribution >= 4 is 11.7 Å². The molecule has 1 N–H and O–H groups in total. The largest absolute Gasteiger partial charge is 0.366 e. The minimum atomic E-state index is -0.0624. The fraction of sp³-hybridized carbons (Fsp3) is 0.421. The second-order valence-electron chi connectivity index (χ2n) is 6.11. The first-order chi connectivity index (χ1) is 11.5. The Morgan fingerprint density at radius 1 is 1.21 bits per heavy atom. The summed E-state index contributed by atoms with van der Waals surface area (Å²) in [4.78, 5) is 22.9. The van der Waals surface area contributed by atoms with Crippen molar-refractivity contribution in [1.82, 2.24) is 14.9 Å². The number of aromatic nitrogens is 2. The van der Waals surface area contributed by atoms with Gasteiger partial charge in [0.15, 0.2) is 0 Å². The van der Waals surface area contributed by atoms with Crippen LogP contribution in [-0.2, 0) is 6.54 Å². The normalized spacial score (nSPS) is 10.5. The van der Waals surface area contributed by atoms with Crippen molar-refractivity contribution in [2.45, 2.75) is 40.2 Å². The van der Waals surface area contributed by atoms with E-state index in [1.807, 2.05) is 13.1 Å². The Morgan fingerprint density at radius 3 is 2.71 bits per heavy atom. The predicted molar refractivity (Wildman–Crippen MR) is 97.1 cm³/mol. The van der Waals surface area contributed by atoms with Crippen molar-refractivity contribution in [3.8, 4) is 0 Å². The Morgan fingerprint density at radius 2 is 2.00 bits per heavy atom. The van der Waals surface area contributed by atoms with Gasteiger partial charge < -0.3 is 10.2 Å². The van der Waals surface area contributed by atoms with Crippen molar-refractivity contribution < 1.29 is 4.79 Å². The van der Waals surface area contributed by atoms with Crippen molar-refractivity contribution in [3.63, 3.8) is 0 Å². The Balaban J connectivity index is 2.09. The average Bonchev–Trinajstić information content (AvgIpc) is 2.56.